The second-order valence-corrected chi connectivity index (χ2v) is 6.03. The first-order valence-corrected chi connectivity index (χ1v) is 9.46. The second-order valence-electron chi connectivity index (χ2n) is 6.03. The van der Waals surface area contributed by atoms with E-state index in [1.54, 1.807) is 50.2 Å². The van der Waals surface area contributed by atoms with E-state index >= 15 is 0 Å². The summed E-state index contributed by atoms with van der Waals surface area (Å²) in [6.45, 7) is 5.92. The average molecular weight is 415 g/mol. The molecule has 0 fully saturated rings. The van der Waals surface area contributed by atoms with Crippen LogP contribution in [0, 0.1) is 0 Å². The van der Waals surface area contributed by atoms with Crippen molar-refractivity contribution in [1.82, 2.24) is 10.9 Å². The molecule has 3 N–H and O–H groups in total. The number of hydrazine groups is 1. The minimum atomic E-state index is -0.847. The molecule has 9 nitrogen and oxygen atoms in total. The minimum absolute atomic E-state index is 0.231. The Labute approximate surface area is 174 Å². The van der Waals surface area contributed by atoms with Crippen LogP contribution in [0.25, 0.3) is 0 Å². The SMILES string of the molecule is CCOC(=O)Nc1cccc(C(=O)NNC(=O)C(C)Oc2ccc(OCC)cc2)c1. The molecule has 0 bridgehead atoms. The number of carbonyl (C=O) groups excluding carboxylic acids is 3. The van der Waals surface area contributed by atoms with Gasteiger partial charge in [0.15, 0.2) is 6.10 Å². The second kappa shape index (κ2) is 11.3. The van der Waals surface area contributed by atoms with E-state index in [1.165, 1.54) is 12.1 Å². The summed E-state index contributed by atoms with van der Waals surface area (Å²) >= 11 is 0. The standard InChI is InChI=1S/C21H25N3O6/c1-4-28-17-9-11-18(12-10-17)30-14(3)19(25)23-24-20(26)15-7-6-8-16(13-15)22-21(27)29-5-2/h6-14H,4-5H2,1-3H3,(H,22,27)(H,23,25)(H,24,26). The third-order valence-electron chi connectivity index (χ3n) is 3.76. The summed E-state index contributed by atoms with van der Waals surface area (Å²) in [6, 6.07) is 13.1. The molecule has 0 aromatic heterocycles. The Morgan fingerprint density at radius 3 is 2.30 bits per heavy atom. The normalized spacial score (nSPS) is 11.0. The van der Waals surface area contributed by atoms with Crippen LogP contribution in [0.1, 0.15) is 31.1 Å². The van der Waals surface area contributed by atoms with Crippen molar-refractivity contribution in [2.45, 2.75) is 26.9 Å². The van der Waals surface area contributed by atoms with E-state index in [2.05, 4.69) is 16.2 Å². The summed E-state index contributed by atoms with van der Waals surface area (Å²) in [4.78, 5) is 35.9. The van der Waals surface area contributed by atoms with E-state index in [0.29, 0.717) is 23.8 Å². The highest BCUT2D eigenvalue weighted by Crippen LogP contribution is 2.18. The van der Waals surface area contributed by atoms with Crippen LogP contribution in [0.4, 0.5) is 10.5 Å². The van der Waals surface area contributed by atoms with Crippen molar-refractivity contribution in [1.29, 1.82) is 0 Å². The van der Waals surface area contributed by atoms with Gasteiger partial charge < -0.3 is 14.2 Å². The molecule has 160 valence electrons. The van der Waals surface area contributed by atoms with Crippen LogP contribution in [0.5, 0.6) is 11.5 Å². The van der Waals surface area contributed by atoms with E-state index in [0.717, 1.165) is 0 Å². The molecule has 1 unspecified atom stereocenters. The maximum absolute atomic E-state index is 12.3. The number of amides is 3. The molecule has 2 aromatic rings. The monoisotopic (exact) mass is 415 g/mol. The lowest BCUT2D eigenvalue weighted by Gasteiger charge is -2.15. The fraction of sp³-hybridized carbons (Fsp3) is 0.286. The van der Waals surface area contributed by atoms with Crippen molar-refractivity contribution in [2.24, 2.45) is 0 Å². The van der Waals surface area contributed by atoms with Crippen LogP contribution >= 0.6 is 0 Å². The predicted molar refractivity (Wildman–Crippen MR) is 110 cm³/mol. The fourth-order valence-electron chi connectivity index (χ4n) is 2.35. The highest BCUT2D eigenvalue weighted by Gasteiger charge is 2.16. The van der Waals surface area contributed by atoms with Gasteiger partial charge in [-0.2, -0.15) is 0 Å². The fourth-order valence-corrected chi connectivity index (χ4v) is 2.35. The maximum Gasteiger partial charge on any atom is 0.411 e. The summed E-state index contributed by atoms with van der Waals surface area (Å²) in [7, 11) is 0. The minimum Gasteiger partial charge on any atom is -0.494 e. The molecule has 9 heteroatoms. The Morgan fingerprint density at radius 1 is 0.933 bits per heavy atom. The van der Waals surface area contributed by atoms with Crippen LogP contribution in [0.3, 0.4) is 0 Å². The van der Waals surface area contributed by atoms with E-state index < -0.39 is 24.0 Å². The summed E-state index contributed by atoms with van der Waals surface area (Å²) < 4.78 is 15.7. The van der Waals surface area contributed by atoms with Gasteiger partial charge in [0, 0.05) is 11.3 Å². The first kappa shape index (κ1) is 22.5. The van der Waals surface area contributed by atoms with Crippen LogP contribution in [-0.2, 0) is 9.53 Å². The number of carbonyl (C=O) groups is 3. The molecule has 0 spiro atoms. The molecular formula is C21H25N3O6. The first-order chi connectivity index (χ1) is 14.4. The molecule has 30 heavy (non-hydrogen) atoms. The third-order valence-corrected chi connectivity index (χ3v) is 3.76. The number of hydrogen-bond donors (Lipinski definition) is 3. The lowest BCUT2D eigenvalue weighted by molar-refractivity contribution is -0.128. The largest absolute Gasteiger partial charge is 0.494 e. The molecule has 2 rings (SSSR count). The van der Waals surface area contributed by atoms with Gasteiger partial charge in [0.05, 0.1) is 13.2 Å². The number of hydrogen-bond acceptors (Lipinski definition) is 6. The van der Waals surface area contributed by atoms with Crippen LogP contribution in [-0.4, -0.2) is 37.2 Å². The van der Waals surface area contributed by atoms with Gasteiger partial charge in [-0.15, -0.1) is 0 Å². The van der Waals surface area contributed by atoms with E-state index in [-0.39, 0.29) is 12.2 Å². The number of rotatable bonds is 8. The van der Waals surface area contributed by atoms with Crippen LogP contribution in [0.15, 0.2) is 48.5 Å². The van der Waals surface area contributed by atoms with Gasteiger partial charge in [0.25, 0.3) is 11.8 Å². The van der Waals surface area contributed by atoms with Crippen molar-refractivity contribution in [3.63, 3.8) is 0 Å². The van der Waals surface area contributed by atoms with E-state index in [9.17, 15) is 14.4 Å². The van der Waals surface area contributed by atoms with Gasteiger partial charge in [-0.1, -0.05) is 6.07 Å². The topological polar surface area (TPSA) is 115 Å². The van der Waals surface area contributed by atoms with Gasteiger partial charge in [0.2, 0.25) is 0 Å². The summed E-state index contributed by atoms with van der Waals surface area (Å²) in [5, 5.41) is 2.50. The molecule has 0 saturated heterocycles. The Kier molecular flexibility index (Phi) is 8.49. The molecule has 0 aliphatic heterocycles. The molecule has 0 saturated carbocycles. The molecule has 3 amide bonds. The maximum atomic E-state index is 12.3. The van der Waals surface area contributed by atoms with Gasteiger partial charge >= 0.3 is 6.09 Å². The number of nitrogens with one attached hydrogen (secondary N) is 3. The molecule has 0 aliphatic carbocycles. The third kappa shape index (κ3) is 7.01. The number of benzene rings is 2. The van der Waals surface area contributed by atoms with Crippen molar-refractivity contribution >= 4 is 23.6 Å². The molecule has 0 heterocycles. The van der Waals surface area contributed by atoms with Gasteiger partial charge in [0.1, 0.15) is 11.5 Å². The Morgan fingerprint density at radius 2 is 1.63 bits per heavy atom. The predicted octanol–water partition coefficient (Wildman–Crippen LogP) is 2.88. The highest BCUT2D eigenvalue weighted by molar-refractivity contribution is 5.97. The van der Waals surface area contributed by atoms with Gasteiger partial charge in [-0.25, -0.2) is 4.79 Å². The number of ether oxygens (including phenoxy) is 3. The van der Waals surface area contributed by atoms with Crippen molar-refractivity contribution in [3.8, 4) is 11.5 Å². The van der Waals surface area contributed by atoms with Crippen molar-refractivity contribution in [3.05, 3.63) is 54.1 Å². The molecule has 0 aliphatic rings. The van der Waals surface area contributed by atoms with Crippen molar-refractivity contribution < 1.29 is 28.6 Å². The highest BCUT2D eigenvalue weighted by atomic mass is 16.5. The Hall–Kier alpha value is -3.75. The van der Waals surface area contributed by atoms with E-state index in [1.807, 2.05) is 6.92 Å². The molecule has 0 radical (unpaired) electrons. The summed E-state index contributed by atoms with van der Waals surface area (Å²) in [5.41, 5.74) is 5.26. The Bertz CT molecular complexity index is 869. The molecule has 2 aromatic carbocycles. The quantitative estimate of drug-likeness (QED) is 0.571. The zero-order chi connectivity index (χ0) is 21.9. The van der Waals surface area contributed by atoms with Crippen molar-refractivity contribution in [2.75, 3.05) is 18.5 Å². The van der Waals surface area contributed by atoms with Gasteiger partial charge in [-0.05, 0) is 63.2 Å². The lowest BCUT2D eigenvalue weighted by atomic mass is 10.2. The summed E-state index contributed by atoms with van der Waals surface area (Å²) in [5.74, 6) is 0.112. The Balaban J connectivity index is 1.86. The first-order valence-electron chi connectivity index (χ1n) is 9.46. The van der Waals surface area contributed by atoms with Crippen LogP contribution < -0.4 is 25.6 Å². The smallest absolute Gasteiger partial charge is 0.411 e. The lowest BCUT2D eigenvalue weighted by Crippen LogP contribution is -2.47. The molecule has 1 atom stereocenters. The summed E-state index contributed by atoms with van der Waals surface area (Å²) in [6.07, 6.45) is -1.47. The number of anilines is 1. The van der Waals surface area contributed by atoms with Gasteiger partial charge in [-0.3, -0.25) is 25.8 Å². The molecular weight excluding hydrogens is 390 g/mol. The average Bonchev–Trinajstić information content (AvgIpc) is 2.73. The zero-order valence-corrected chi connectivity index (χ0v) is 17.1. The van der Waals surface area contributed by atoms with E-state index in [4.69, 9.17) is 14.2 Å². The zero-order valence-electron chi connectivity index (χ0n) is 17.1. The van der Waals surface area contributed by atoms with Crippen LogP contribution in [0.2, 0.25) is 0 Å².